The number of nitrogens with zero attached hydrogens (tertiary/aromatic N) is 2. The summed E-state index contributed by atoms with van der Waals surface area (Å²) in [5.41, 5.74) is 1.69. The first-order valence-corrected chi connectivity index (χ1v) is 7.83. The molecule has 1 N–H and O–H groups in total. The predicted molar refractivity (Wildman–Crippen MR) is 79.4 cm³/mol. The van der Waals surface area contributed by atoms with E-state index in [4.69, 9.17) is 4.98 Å². The highest BCUT2D eigenvalue weighted by Gasteiger charge is 2.26. The molecule has 1 unspecified atom stereocenters. The Morgan fingerprint density at radius 3 is 2.72 bits per heavy atom. The van der Waals surface area contributed by atoms with Crippen LogP contribution < -0.4 is 10.2 Å². The normalized spacial score (nSPS) is 21.0. The molecular formula is C14H25N3S. The van der Waals surface area contributed by atoms with Gasteiger partial charge < -0.3 is 10.2 Å². The lowest BCUT2D eigenvalue weighted by Crippen LogP contribution is -2.37. The van der Waals surface area contributed by atoms with E-state index in [0.29, 0.717) is 11.5 Å². The van der Waals surface area contributed by atoms with E-state index in [0.717, 1.165) is 19.6 Å². The lowest BCUT2D eigenvalue weighted by molar-refractivity contribution is 0.279. The third-order valence-electron chi connectivity index (χ3n) is 3.85. The summed E-state index contributed by atoms with van der Waals surface area (Å²) in [4.78, 5) is 7.22. The van der Waals surface area contributed by atoms with E-state index in [1.165, 1.54) is 23.7 Å². The predicted octanol–water partition coefficient (Wildman–Crippen LogP) is 3.44. The molecule has 102 valence electrons. The first kappa shape index (κ1) is 13.8. The minimum Gasteiger partial charge on any atom is -0.348 e. The monoisotopic (exact) mass is 267 g/mol. The smallest absolute Gasteiger partial charge is 0.185 e. The molecule has 1 fully saturated rings. The van der Waals surface area contributed by atoms with Crippen molar-refractivity contribution in [2.24, 2.45) is 5.41 Å². The van der Waals surface area contributed by atoms with Gasteiger partial charge in [0, 0.05) is 24.5 Å². The highest BCUT2D eigenvalue weighted by molar-refractivity contribution is 7.13. The van der Waals surface area contributed by atoms with Crippen molar-refractivity contribution in [2.75, 3.05) is 24.5 Å². The van der Waals surface area contributed by atoms with Gasteiger partial charge in [0.05, 0.1) is 5.69 Å². The molecule has 1 saturated heterocycles. The van der Waals surface area contributed by atoms with E-state index in [-0.39, 0.29) is 0 Å². The molecule has 2 heterocycles. The van der Waals surface area contributed by atoms with Gasteiger partial charge in [-0.05, 0) is 31.7 Å². The van der Waals surface area contributed by atoms with E-state index >= 15 is 0 Å². The van der Waals surface area contributed by atoms with Crippen LogP contribution in [-0.2, 0) is 0 Å². The Morgan fingerprint density at radius 2 is 2.11 bits per heavy atom. The summed E-state index contributed by atoms with van der Waals surface area (Å²) in [5, 5.41) is 6.81. The number of thiazole rings is 1. The molecule has 1 atom stereocenters. The largest absolute Gasteiger partial charge is 0.348 e. The molecule has 3 nitrogen and oxygen atoms in total. The van der Waals surface area contributed by atoms with E-state index in [2.05, 4.69) is 43.3 Å². The van der Waals surface area contributed by atoms with Crippen LogP contribution in [0.2, 0.25) is 0 Å². The molecule has 0 aromatic carbocycles. The Labute approximate surface area is 115 Å². The zero-order valence-electron chi connectivity index (χ0n) is 12.0. The molecule has 4 heteroatoms. The van der Waals surface area contributed by atoms with Crippen molar-refractivity contribution in [3.63, 3.8) is 0 Å². The van der Waals surface area contributed by atoms with Crippen LogP contribution in [-0.4, -0.2) is 24.6 Å². The van der Waals surface area contributed by atoms with Crippen molar-refractivity contribution in [2.45, 2.75) is 46.6 Å². The summed E-state index contributed by atoms with van der Waals surface area (Å²) in [7, 11) is 0. The molecule has 2 rings (SSSR count). The lowest BCUT2D eigenvalue weighted by atomic mass is 9.83. The van der Waals surface area contributed by atoms with Crippen LogP contribution in [0.1, 0.15) is 52.3 Å². The molecule has 0 aliphatic carbocycles. The van der Waals surface area contributed by atoms with Crippen molar-refractivity contribution in [1.82, 2.24) is 10.3 Å². The van der Waals surface area contributed by atoms with E-state index in [1.54, 1.807) is 11.3 Å². The van der Waals surface area contributed by atoms with Gasteiger partial charge in [-0.25, -0.2) is 4.98 Å². The second-order valence-corrected chi connectivity index (χ2v) is 6.82. The molecule has 18 heavy (non-hydrogen) atoms. The first-order valence-electron chi connectivity index (χ1n) is 6.95. The second kappa shape index (κ2) is 5.57. The number of hydrogen-bond donors (Lipinski definition) is 1. The van der Waals surface area contributed by atoms with Crippen molar-refractivity contribution in [1.29, 1.82) is 0 Å². The molecule has 1 aliphatic rings. The van der Waals surface area contributed by atoms with Gasteiger partial charge in [0.15, 0.2) is 5.13 Å². The van der Waals surface area contributed by atoms with E-state index in [9.17, 15) is 0 Å². The quantitative estimate of drug-likeness (QED) is 0.906. The molecule has 0 amide bonds. The molecule has 1 aromatic rings. The second-order valence-electron chi connectivity index (χ2n) is 5.99. The first-order chi connectivity index (χ1) is 8.52. The maximum atomic E-state index is 4.78. The van der Waals surface area contributed by atoms with Crippen LogP contribution in [0, 0.1) is 5.41 Å². The van der Waals surface area contributed by atoms with Crippen molar-refractivity contribution in [3.05, 3.63) is 11.1 Å². The van der Waals surface area contributed by atoms with Gasteiger partial charge in [-0.1, -0.05) is 20.8 Å². The van der Waals surface area contributed by atoms with Crippen LogP contribution in [0.4, 0.5) is 5.13 Å². The van der Waals surface area contributed by atoms with E-state index < -0.39 is 0 Å². The number of hydrogen-bond acceptors (Lipinski definition) is 4. The van der Waals surface area contributed by atoms with Gasteiger partial charge in [-0.2, -0.15) is 0 Å². The minimum atomic E-state index is 0.362. The molecule has 0 radical (unpaired) electrons. The highest BCUT2D eigenvalue weighted by atomic mass is 32.1. The molecule has 0 bridgehead atoms. The number of piperidine rings is 1. The van der Waals surface area contributed by atoms with Gasteiger partial charge in [0.2, 0.25) is 0 Å². The maximum Gasteiger partial charge on any atom is 0.185 e. The SMILES string of the molecule is CCNC(C)c1csc(N2CCC(C)(C)CC2)n1. The summed E-state index contributed by atoms with van der Waals surface area (Å²) in [6.07, 6.45) is 2.54. The van der Waals surface area contributed by atoms with Crippen LogP contribution in [0.25, 0.3) is 0 Å². The van der Waals surface area contributed by atoms with Crippen LogP contribution in [0.15, 0.2) is 5.38 Å². The Bertz CT molecular complexity index is 376. The fraction of sp³-hybridized carbons (Fsp3) is 0.786. The maximum absolute atomic E-state index is 4.78. The topological polar surface area (TPSA) is 28.2 Å². The average molecular weight is 267 g/mol. The fourth-order valence-corrected chi connectivity index (χ4v) is 3.31. The Hall–Kier alpha value is -0.610. The van der Waals surface area contributed by atoms with Gasteiger partial charge in [-0.3, -0.25) is 0 Å². The minimum absolute atomic E-state index is 0.362. The Balaban J connectivity index is 1.98. The van der Waals surface area contributed by atoms with Crippen LogP contribution in [0.3, 0.4) is 0 Å². The van der Waals surface area contributed by atoms with E-state index in [1.807, 2.05) is 0 Å². The molecule has 1 aliphatic heterocycles. The molecule has 0 saturated carbocycles. The standard InChI is InChI=1S/C14H25N3S/c1-5-15-11(2)12-10-18-13(16-12)17-8-6-14(3,4)7-9-17/h10-11,15H,5-9H2,1-4H3. The van der Waals surface area contributed by atoms with Crippen molar-refractivity contribution in [3.8, 4) is 0 Å². The number of rotatable bonds is 4. The Morgan fingerprint density at radius 1 is 1.44 bits per heavy atom. The summed E-state index contributed by atoms with van der Waals surface area (Å²) < 4.78 is 0. The zero-order chi connectivity index (χ0) is 13.2. The summed E-state index contributed by atoms with van der Waals surface area (Å²) >= 11 is 1.79. The average Bonchev–Trinajstić information content (AvgIpc) is 2.79. The van der Waals surface area contributed by atoms with Crippen molar-refractivity contribution >= 4 is 16.5 Å². The summed E-state index contributed by atoms with van der Waals surface area (Å²) in [6.45, 7) is 12.3. The van der Waals surface area contributed by atoms with Gasteiger partial charge >= 0.3 is 0 Å². The lowest BCUT2D eigenvalue weighted by Gasteiger charge is -2.36. The third-order valence-corrected chi connectivity index (χ3v) is 4.77. The Kier molecular flexibility index (Phi) is 4.28. The number of nitrogens with one attached hydrogen (secondary N) is 1. The molecule has 1 aromatic heterocycles. The van der Waals surface area contributed by atoms with Crippen molar-refractivity contribution < 1.29 is 0 Å². The molecular weight excluding hydrogens is 242 g/mol. The van der Waals surface area contributed by atoms with Gasteiger partial charge in [0.25, 0.3) is 0 Å². The summed E-state index contributed by atoms with van der Waals surface area (Å²) in [5.74, 6) is 0. The fourth-order valence-electron chi connectivity index (χ4n) is 2.33. The summed E-state index contributed by atoms with van der Waals surface area (Å²) in [6, 6.07) is 0.362. The van der Waals surface area contributed by atoms with Gasteiger partial charge in [-0.15, -0.1) is 11.3 Å². The molecule has 0 spiro atoms. The zero-order valence-corrected chi connectivity index (χ0v) is 12.8. The number of aromatic nitrogens is 1. The third kappa shape index (κ3) is 3.23. The van der Waals surface area contributed by atoms with Crippen LogP contribution in [0.5, 0.6) is 0 Å². The highest BCUT2D eigenvalue weighted by Crippen LogP contribution is 2.33. The number of anilines is 1. The van der Waals surface area contributed by atoms with Crippen LogP contribution >= 0.6 is 11.3 Å². The van der Waals surface area contributed by atoms with Gasteiger partial charge in [0.1, 0.15) is 0 Å².